The first kappa shape index (κ1) is 25.3. The largest absolute Gasteiger partial charge is 0.456 e. The van der Waals surface area contributed by atoms with Crippen LogP contribution in [0.2, 0.25) is 0 Å². The zero-order valence-electron chi connectivity index (χ0n) is 18.6. The quantitative estimate of drug-likeness (QED) is 0.401. The van der Waals surface area contributed by atoms with Crippen LogP contribution < -0.4 is 11.0 Å². The second-order valence-corrected chi connectivity index (χ2v) is 10.4. The van der Waals surface area contributed by atoms with Crippen molar-refractivity contribution in [2.45, 2.75) is 50.9 Å². The zero-order valence-corrected chi connectivity index (χ0v) is 20.2. The summed E-state index contributed by atoms with van der Waals surface area (Å²) in [5, 5.41) is 12.3. The number of benzene rings is 1. The third-order valence-corrected chi connectivity index (χ3v) is 7.91. The number of ether oxygens (including phenoxy) is 2. The molecule has 0 aliphatic carbocycles. The van der Waals surface area contributed by atoms with Crippen LogP contribution in [0.15, 0.2) is 41.3 Å². The molecule has 9 nitrogen and oxygen atoms in total. The van der Waals surface area contributed by atoms with E-state index >= 15 is 0 Å². The van der Waals surface area contributed by atoms with Crippen molar-refractivity contribution < 1.29 is 24.2 Å². The Balaban J connectivity index is 1.74. The molecule has 1 aliphatic heterocycles. The molecule has 0 radical (unpaired) electrons. The smallest absolute Gasteiger partial charge is 0.351 e. The molecule has 1 aromatic heterocycles. The Morgan fingerprint density at radius 1 is 1.36 bits per heavy atom. The van der Waals surface area contributed by atoms with Gasteiger partial charge in [0.1, 0.15) is 24.3 Å². The number of amides is 1. The van der Waals surface area contributed by atoms with E-state index in [9.17, 15) is 19.5 Å². The van der Waals surface area contributed by atoms with Gasteiger partial charge in [-0.15, -0.1) is 0 Å². The van der Waals surface area contributed by atoms with Gasteiger partial charge in [0, 0.05) is 30.5 Å². The molecule has 33 heavy (non-hydrogen) atoms. The Labute approximate surface area is 199 Å². The lowest BCUT2D eigenvalue weighted by molar-refractivity contribution is -0.114. The van der Waals surface area contributed by atoms with Crippen LogP contribution in [-0.4, -0.2) is 51.1 Å². The van der Waals surface area contributed by atoms with Gasteiger partial charge in [-0.2, -0.15) is 4.98 Å². The molecule has 2 unspecified atom stereocenters. The molecule has 2 aromatic rings. The SMILES string of the molecule is CCSSC(C)c1ccccc1C(=O)OC1C[C@H](n2ccc(NC(C)=O)nc2=O)O[C@@H]1CO. The van der Waals surface area contributed by atoms with Crippen molar-refractivity contribution in [1.29, 1.82) is 0 Å². The Bertz CT molecular complexity index is 1050. The fourth-order valence-electron chi connectivity index (χ4n) is 3.50. The molecule has 1 aliphatic rings. The van der Waals surface area contributed by atoms with Gasteiger partial charge in [-0.05, 0) is 24.6 Å². The number of nitrogens with one attached hydrogen (secondary N) is 1. The molecule has 4 atom stereocenters. The summed E-state index contributed by atoms with van der Waals surface area (Å²) >= 11 is 0. The predicted octanol–water partition coefficient (Wildman–Crippen LogP) is 3.17. The number of hydrogen-bond donors (Lipinski definition) is 2. The van der Waals surface area contributed by atoms with E-state index in [0.717, 1.165) is 11.3 Å². The summed E-state index contributed by atoms with van der Waals surface area (Å²) < 4.78 is 12.8. The monoisotopic (exact) mass is 493 g/mol. The van der Waals surface area contributed by atoms with Crippen molar-refractivity contribution in [2.24, 2.45) is 0 Å². The van der Waals surface area contributed by atoms with Crippen LogP contribution in [0.3, 0.4) is 0 Å². The lowest BCUT2D eigenvalue weighted by Gasteiger charge is -2.19. The highest BCUT2D eigenvalue weighted by Crippen LogP contribution is 2.39. The van der Waals surface area contributed by atoms with Crippen LogP contribution in [0.4, 0.5) is 5.82 Å². The molecule has 0 saturated carbocycles. The maximum Gasteiger partial charge on any atom is 0.351 e. The Kier molecular flexibility index (Phi) is 8.95. The summed E-state index contributed by atoms with van der Waals surface area (Å²) in [4.78, 5) is 40.4. The minimum Gasteiger partial charge on any atom is -0.456 e. The van der Waals surface area contributed by atoms with Crippen LogP contribution in [0.5, 0.6) is 0 Å². The molecule has 11 heteroatoms. The number of carbonyl (C=O) groups is 2. The van der Waals surface area contributed by atoms with Gasteiger partial charge >= 0.3 is 11.7 Å². The third-order valence-electron chi connectivity index (χ3n) is 5.01. The maximum absolute atomic E-state index is 13.0. The van der Waals surface area contributed by atoms with E-state index in [4.69, 9.17) is 9.47 Å². The second-order valence-electron chi connectivity index (χ2n) is 7.41. The second kappa shape index (κ2) is 11.7. The van der Waals surface area contributed by atoms with E-state index in [0.29, 0.717) is 5.56 Å². The highest BCUT2D eigenvalue weighted by Gasteiger charge is 2.39. The van der Waals surface area contributed by atoms with Gasteiger partial charge in [0.05, 0.1) is 12.2 Å². The first-order chi connectivity index (χ1) is 15.8. The zero-order chi connectivity index (χ0) is 24.0. The fourth-order valence-corrected chi connectivity index (χ4v) is 5.48. The number of aliphatic hydroxyl groups excluding tert-OH is 1. The van der Waals surface area contributed by atoms with Crippen molar-refractivity contribution in [3.05, 3.63) is 58.1 Å². The van der Waals surface area contributed by atoms with Crippen LogP contribution >= 0.6 is 21.6 Å². The fraction of sp³-hybridized carbons (Fsp3) is 0.455. The topological polar surface area (TPSA) is 120 Å². The summed E-state index contributed by atoms with van der Waals surface area (Å²) in [6.45, 7) is 5.05. The molecule has 2 N–H and O–H groups in total. The molecular formula is C22H27N3O6S2. The Hall–Kier alpha value is -2.34. The van der Waals surface area contributed by atoms with E-state index in [1.165, 1.54) is 23.8 Å². The number of aromatic nitrogens is 2. The molecule has 178 valence electrons. The lowest BCUT2D eigenvalue weighted by Crippen LogP contribution is -2.30. The number of aliphatic hydroxyl groups is 1. The van der Waals surface area contributed by atoms with Crippen molar-refractivity contribution in [3.63, 3.8) is 0 Å². The molecular weight excluding hydrogens is 466 g/mol. The summed E-state index contributed by atoms with van der Waals surface area (Å²) in [5.74, 6) is 0.248. The van der Waals surface area contributed by atoms with Crippen LogP contribution in [-0.2, 0) is 14.3 Å². The molecule has 3 rings (SSSR count). The van der Waals surface area contributed by atoms with Gasteiger partial charge < -0.3 is 19.9 Å². The lowest BCUT2D eigenvalue weighted by atomic mass is 10.0. The molecule has 1 saturated heterocycles. The van der Waals surface area contributed by atoms with Crippen molar-refractivity contribution >= 4 is 39.3 Å². The van der Waals surface area contributed by atoms with Gasteiger partial charge in [0.25, 0.3) is 0 Å². The Morgan fingerprint density at radius 3 is 2.79 bits per heavy atom. The summed E-state index contributed by atoms with van der Waals surface area (Å²) in [6, 6.07) is 8.77. The average Bonchev–Trinajstić information content (AvgIpc) is 3.19. The van der Waals surface area contributed by atoms with Crippen molar-refractivity contribution in [3.8, 4) is 0 Å². The van der Waals surface area contributed by atoms with E-state index in [2.05, 4.69) is 17.2 Å². The number of rotatable bonds is 9. The molecule has 1 fully saturated rings. The minimum absolute atomic E-state index is 0.0895. The van der Waals surface area contributed by atoms with Crippen molar-refractivity contribution in [1.82, 2.24) is 9.55 Å². The molecule has 0 bridgehead atoms. The summed E-state index contributed by atoms with van der Waals surface area (Å²) in [6.07, 6.45) is -0.664. The number of anilines is 1. The summed E-state index contributed by atoms with van der Waals surface area (Å²) in [5.41, 5.74) is 0.714. The maximum atomic E-state index is 13.0. The molecule has 2 heterocycles. The number of hydrogen-bond acceptors (Lipinski definition) is 9. The van der Waals surface area contributed by atoms with E-state index in [1.54, 1.807) is 33.7 Å². The molecule has 1 aromatic carbocycles. The van der Waals surface area contributed by atoms with Gasteiger partial charge in [-0.25, -0.2) is 9.59 Å². The molecule has 0 spiro atoms. The molecule has 1 amide bonds. The number of esters is 1. The standard InChI is InChI=1S/C22H27N3O6S2/c1-4-32-33-13(2)15-7-5-6-8-16(15)21(28)31-17-11-20(30-18(17)12-26)25-10-9-19(23-14(3)27)24-22(25)29/h5-10,13,17-18,20,26H,4,11-12H2,1-3H3,(H,23,24,27,29)/t13?,17?,18-,20-/m1/s1. The van der Waals surface area contributed by atoms with E-state index in [1.807, 2.05) is 19.1 Å². The number of carbonyl (C=O) groups excluding carboxylic acids is 2. The normalized spacial score (nSPS) is 20.9. The van der Waals surface area contributed by atoms with Crippen LogP contribution in [0, 0.1) is 0 Å². The first-order valence-corrected chi connectivity index (χ1v) is 12.9. The average molecular weight is 494 g/mol. The Morgan fingerprint density at radius 2 is 2.12 bits per heavy atom. The highest BCUT2D eigenvalue weighted by atomic mass is 33.1. The van der Waals surface area contributed by atoms with E-state index < -0.39 is 30.1 Å². The van der Waals surface area contributed by atoms with Gasteiger partial charge in [0.15, 0.2) is 0 Å². The highest BCUT2D eigenvalue weighted by molar-refractivity contribution is 8.76. The minimum atomic E-state index is -0.782. The van der Waals surface area contributed by atoms with Crippen molar-refractivity contribution in [2.75, 3.05) is 17.7 Å². The van der Waals surface area contributed by atoms with Gasteiger partial charge in [-0.1, -0.05) is 46.7 Å². The van der Waals surface area contributed by atoms with Gasteiger partial charge in [-0.3, -0.25) is 9.36 Å². The van der Waals surface area contributed by atoms with E-state index in [-0.39, 0.29) is 30.0 Å². The van der Waals surface area contributed by atoms with Gasteiger partial charge in [0.2, 0.25) is 5.91 Å². The van der Waals surface area contributed by atoms with Crippen LogP contribution in [0.1, 0.15) is 54.6 Å². The van der Waals surface area contributed by atoms with Crippen LogP contribution in [0.25, 0.3) is 0 Å². The predicted molar refractivity (Wildman–Crippen MR) is 128 cm³/mol. The third kappa shape index (κ3) is 6.38. The first-order valence-electron chi connectivity index (χ1n) is 10.5. The summed E-state index contributed by atoms with van der Waals surface area (Å²) in [7, 11) is 3.41. The number of nitrogens with zero attached hydrogens (tertiary/aromatic N) is 2.